The van der Waals surface area contributed by atoms with Crippen LogP contribution in [0.5, 0.6) is 0 Å². The standard InChI is InChI=1S/C15H17F2N3O/c16-11-8-13-14(9-12(11)17)20(15(21)10-18-13)7-6-19-4-2-1-3-5-19/h8-10H,1-7H2. The molecule has 1 aliphatic heterocycles. The Morgan fingerprint density at radius 2 is 1.76 bits per heavy atom. The van der Waals surface area contributed by atoms with E-state index < -0.39 is 11.6 Å². The molecule has 1 fully saturated rings. The summed E-state index contributed by atoms with van der Waals surface area (Å²) >= 11 is 0. The third kappa shape index (κ3) is 2.95. The monoisotopic (exact) mass is 293 g/mol. The third-order valence-electron chi connectivity index (χ3n) is 3.98. The summed E-state index contributed by atoms with van der Waals surface area (Å²) in [5, 5.41) is 0. The first-order chi connectivity index (χ1) is 10.1. The fraction of sp³-hybridized carbons (Fsp3) is 0.467. The number of piperidine rings is 1. The second-order valence-electron chi connectivity index (χ2n) is 5.41. The van der Waals surface area contributed by atoms with E-state index in [1.54, 1.807) is 0 Å². The van der Waals surface area contributed by atoms with Gasteiger partial charge in [-0.05, 0) is 25.9 Å². The summed E-state index contributed by atoms with van der Waals surface area (Å²) in [5.74, 6) is -1.90. The van der Waals surface area contributed by atoms with Crippen molar-refractivity contribution in [2.75, 3.05) is 19.6 Å². The smallest absolute Gasteiger partial charge is 0.269 e. The lowest BCUT2D eigenvalue weighted by molar-refractivity contribution is 0.221. The van der Waals surface area contributed by atoms with Gasteiger partial charge < -0.3 is 9.47 Å². The van der Waals surface area contributed by atoms with Gasteiger partial charge in [0.25, 0.3) is 5.56 Å². The van der Waals surface area contributed by atoms with Crippen LogP contribution in [-0.2, 0) is 6.54 Å². The van der Waals surface area contributed by atoms with E-state index in [4.69, 9.17) is 0 Å². The second kappa shape index (κ2) is 5.89. The molecule has 4 nitrogen and oxygen atoms in total. The maximum absolute atomic E-state index is 13.4. The zero-order valence-electron chi connectivity index (χ0n) is 11.7. The van der Waals surface area contributed by atoms with Crippen LogP contribution in [0, 0.1) is 11.6 Å². The van der Waals surface area contributed by atoms with Crippen molar-refractivity contribution in [3.8, 4) is 0 Å². The Balaban J connectivity index is 1.91. The van der Waals surface area contributed by atoms with Crippen LogP contribution >= 0.6 is 0 Å². The van der Waals surface area contributed by atoms with Crippen LogP contribution in [0.2, 0.25) is 0 Å². The van der Waals surface area contributed by atoms with Crippen LogP contribution in [-0.4, -0.2) is 34.1 Å². The molecule has 2 heterocycles. The molecule has 2 aromatic rings. The van der Waals surface area contributed by atoms with Gasteiger partial charge in [-0.3, -0.25) is 4.79 Å². The molecule has 112 valence electrons. The molecule has 1 saturated heterocycles. The molecule has 0 saturated carbocycles. The van der Waals surface area contributed by atoms with E-state index >= 15 is 0 Å². The quantitative estimate of drug-likeness (QED) is 0.870. The van der Waals surface area contributed by atoms with E-state index in [1.807, 2.05) is 0 Å². The normalized spacial score (nSPS) is 16.5. The topological polar surface area (TPSA) is 38.1 Å². The molecule has 0 aliphatic carbocycles. The minimum atomic E-state index is -0.957. The van der Waals surface area contributed by atoms with E-state index in [9.17, 15) is 13.6 Å². The number of benzene rings is 1. The first-order valence-corrected chi connectivity index (χ1v) is 7.22. The van der Waals surface area contributed by atoms with Crippen molar-refractivity contribution in [2.24, 2.45) is 0 Å². The number of nitrogens with zero attached hydrogens (tertiary/aromatic N) is 3. The minimum absolute atomic E-state index is 0.287. The Bertz CT molecular complexity index is 708. The average molecular weight is 293 g/mol. The van der Waals surface area contributed by atoms with E-state index in [0.29, 0.717) is 17.6 Å². The van der Waals surface area contributed by atoms with Gasteiger partial charge in [0.2, 0.25) is 0 Å². The molecule has 1 aliphatic rings. The number of likely N-dealkylation sites (tertiary alicyclic amines) is 1. The molecule has 1 aromatic carbocycles. The highest BCUT2D eigenvalue weighted by molar-refractivity contribution is 5.74. The van der Waals surface area contributed by atoms with Crippen molar-refractivity contribution in [2.45, 2.75) is 25.8 Å². The molecule has 0 N–H and O–H groups in total. The summed E-state index contributed by atoms with van der Waals surface area (Å²) in [6.07, 6.45) is 4.76. The molecule has 0 unspecified atom stereocenters. The number of aromatic nitrogens is 2. The van der Waals surface area contributed by atoms with Crippen molar-refractivity contribution in [3.05, 3.63) is 40.3 Å². The first kappa shape index (κ1) is 14.1. The van der Waals surface area contributed by atoms with Gasteiger partial charge in [-0.15, -0.1) is 0 Å². The molecular weight excluding hydrogens is 276 g/mol. The average Bonchev–Trinajstić information content (AvgIpc) is 2.49. The second-order valence-corrected chi connectivity index (χ2v) is 5.41. The van der Waals surface area contributed by atoms with Crippen LogP contribution in [0.4, 0.5) is 8.78 Å². The van der Waals surface area contributed by atoms with Gasteiger partial charge in [0.05, 0.1) is 17.2 Å². The highest BCUT2D eigenvalue weighted by atomic mass is 19.2. The van der Waals surface area contributed by atoms with Crippen LogP contribution < -0.4 is 5.56 Å². The van der Waals surface area contributed by atoms with E-state index in [2.05, 4.69) is 9.88 Å². The van der Waals surface area contributed by atoms with E-state index in [-0.39, 0.29) is 5.56 Å². The molecule has 0 amide bonds. The van der Waals surface area contributed by atoms with Crippen molar-refractivity contribution in [1.82, 2.24) is 14.5 Å². The highest BCUT2D eigenvalue weighted by Crippen LogP contribution is 2.15. The maximum atomic E-state index is 13.4. The summed E-state index contributed by atoms with van der Waals surface area (Å²) in [6, 6.07) is 2.08. The number of hydrogen-bond acceptors (Lipinski definition) is 3. The summed E-state index contributed by atoms with van der Waals surface area (Å²) in [4.78, 5) is 18.1. The van der Waals surface area contributed by atoms with Crippen molar-refractivity contribution >= 4 is 11.0 Å². The Morgan fingerprint density at radius 3 is 2.52 bits per heavy atom. The first-order valence-electron chi connectivity index (χ1n) is 7.22. The van der Waals surface area contributed by atoms with Gasteiger partial charge in [0.1, 0.15) is 0 Å². The van der Waals surface area contributed by atoms with E-state index in [0.717, 1.165) is 38.0 Å². The van der Waals surface area contributed by atoms with Gasteiger partial charge in [0, 0.05) is 25.2 Å². The molecule has 0 spiro atoms. The zero-order valence-corrected chi connectivity index (χ0v) is 11.7. The summed E-state index contributed by atoms with van der Waals surface area (Å²) in [7, 11) is 0. The lowest BCUT2D eigenvalue weighted by atomic mass is 10.1. The number of halogens is 2. The molecular formula is C15H17F2N3O. The number of hydrogen-bond donors (Lipinski definition) is 0. The van der Waals surface area contributed by atoms with Crippen molar-refractivity contribution in [3.63, 3.8) is 0 Å². The summed E-state index contributed by atoms with van der Waals surface area (Å²) < 4.78 is 28.1. The molecule has 21 heavy (non-hydrogen) atoms. The van der Waals surface area contributed by atoms with Gasteiger partial charge in [-0.2, -0.15) is 0 Å². The van der Waals surface area contributed by atoms with E-state index in [1.165, 1.54) is 23.8 Å². The largest absolute Gasteiger partial charge is 0.304 e. The molecule has 0 bridgehead atoms. The fourth-order valence-electron chi connectivity index (χ4n) is 2.81. The number of fused-ring (bicyclic) bond motifs is 1. The van der Waals surface area contributed by atoms with Gasteiger partial charge in [-0.25, -0.2) is 13.8 Å². The zero-order chi connectivity index (χ0) is 14.8. The van der Waals surface area contributed by atoms with Crippen molar-refractivity contribution in [1.29, 1.82) is 0 Å². The number of rotatable bonds is 3. The summed E-state index contributed by atoms with van der Waals surface area (Å²) in [6.45, 7) is 3.25. The van der Waals surface area contributed by atoms with Gasteiger partial charge in [0.15, 0.2) is 11.6 Å². The minimum Gasteiger partial charge on any atom is -0.304 e. The predicted octanol–water partition coefficient (Wildman–Crippen LogP) is 2.16. The predicted molar refractivity (Wildman–Crippen MR) is 76.2 cm³/mol. The molecule has 6 heteroatoms. The Kier molecular flexibility index (Phi) is 3.96. The SMILES string of the molecule is O=c1cnc2cc(F)c(F)cc2n1CCN1CCCCC1. The van der Waals surface area contributed by atoms with Crippen LogP contribution in [0.25, 0.3) is 11.0 Å². The Hall–Kier alpha value is -1.82. The maximum Gasteiger partial charge on any atom is 0.269 e. The van der Waals surface area contributed by atoms with Gasteiger partial charge >= 0.3 is 0 Å². The van der Waals surface area contributed by atoms with Crippen LogP contribution in [0.1, 0.15) is 19.3 Å². The Labute approximate surface area is 121 Å². The third-order valence-corrected chi connectivity index (χ3v) is 3.98. The lowest BCUT2D eigenvalue weighted by Gasteiger charge is -2.26. The fourth-order valence-corrected chi connectivity index (χ4v) is 2.81. The molecule has 0 atom stereocenters. The van der Waals surface area contributed by atoms with Crippen LogP contribution in [0.15, 0.2) is 23.1 Å². The van der Waals surface area contributed by atoms with Crippen LogP contribution in [0.3, 0.4) is 0 Å². The molecule has 1 aromatic heterocycles. The lowest BCUT2D eigenvalue weighted by Crippen LogP contribution is -2.34. The summed E-state index contributed by atoms with van der Waals surface area (Å²) in [5.41, 5.74) is 0.357. The van der Waals surface area contributed by atoms with Crippen molar-refractivity contribution < 1.29 is 8.78 Å². The molecule has 3 rings (SSSR count). The molecule has 0 radical (unpaired) electrons. The van der Waals surface area contributed by atoms with Gasteiger partial charge in [-0.1, -0.05) is 6.42 Å². The Morgan fingerprint density at radius 1 is 1.05 bits per heavy atom. The highest BCUT2D eigenvalue weighted by Gasteiger charge is 2.13.